The number of carbonyl (C=O) groups excluding carboxylic acids is 1. The van der Waals surface area contributed by atoms with Gasteiger partial charge in [-0.3, -0.25) is 14.6 Å². The number of piperazine rings is 1. The van der Waals surface area contributed by atoms with Crippen LogP contribution in [0.1, 0.15) is 48.3 Å². The van der Waals surface area contributed by atoms with E-state index in [2.05, 4.69) is 51.2 Å². The molecule has 0 saturated carbocycles. The smallest absolute Gasteiger partial charge is 0.257 e. The number of anilines is 3. The maximum Gasteiger partial charge on any atom is 0.257 e. The number of amides is 1. The fraction of sp³-hybridized carbons (Fsp3) is 0.500. The molecule has 2 atom stereocenters. The number of aromatic nitrogens is 3. The van der Waals surface area contributed by atoms with Crippen LogP contribution >= 0.6 is 11.6 Å². The predicted octanol–water partition coefficient (Wildman–Crippen LogP) is 4.48. The number of likely N-dealkylation sites (N-methyl/N-ethyl adjacent to an activating group) is 1. The van der Waals surface area contributed by atoms with Crippen LogP contribution in [0.3, 0.4) is 0 Å². The largest absolute Gasteiger partial charge is 0.396 e. The highest BCUT2D eigenvalue weighted by molar-refractivity contribution is 6.35. The highest BCUT2D eigenvalue weighted by Gasteiger charge is 2.30. The second-order valence-electron chi connectivity index (χ2n) is 11.7. The van der Waals surface area contributed by atoms with Crippen molar-refractivity contribution in [3.63, 3.8) is 0 Å². The molecule has 3 heterocycles. The summed E-state index contributed by atoms with van der Waals surface area (Å²) in [4.78, 5) is 20.1. The van der Waals surface area contributed by atoms with Crippen molar-refractivity contribution in [2.45, 2.75) is 58.3 Å². The van der Waals surface area contributed by atoms with Crippen LogP contribution in [0.15, 0.2) is 24.4 Å². The quantitative estimate of drug-likeness (QED) is 0.375. The highest BCUT2D eigenvalue weighted by atomic mass is 35.5. The van der Waals surface area contributed by atoms with Crippen molar-refractivity contribution in [1.82, 2.24) is 24.8 Å². The first-order chi connectivity index (χ1) is 20.4. The minimum atomic E-state index is -0.670. The van der Waals surface area contributed by atoms with Gasteiger partial charge in [0.05, 0.1) is 39.5 Å². The number of nitrogens with zero attached hydrogens (tertiary/aromatic N) is 6. The summed E-state index contributed by atoms with van der Waals surface area (Å²) in [6, 6.07) is 4.93. The van der Waals surface area contributed by atoms with Crippen LogP contribution in [0.25, 0.3) is 5.69 Å². The molecule has 2 fully saturated rings. The zero-order valence-electron chi connectivity index (χ0n) is 25.2. The Morgan fingerprint density at radius 3 is 2.51 bits per heavy atom. The molecule has 1 amide bonds. The molecule has 2 aliphatic heterocycles. The Morgan fingerprint density at radius 1 is 1.16 bits per heavy atom. The van der Waals surface area contributed by atoms with E-state index in [9.17, 15) is 9.18 Å². The number of benzene rings is 2. The van der Waals surface area contributed by atoms with Gasteiger partial charge in [0.1, 0.15) is 5.69 Å². The number of rotatable bonds is 7. The van der Waals surface area contributed by atoms with Crippen molar-refractivity contribution < 1.29 is 18.3 Å². The molecule has 2 saturated heterocycles. The van der Waals surface area contributed by atoms with E-state index in [1.54, 1.807) is 12.3 Å². The minimum Gasteiger partial charge on any atom is -0.396 e. The third-order valence-corrected chi connectivity index (χ3v) is 9.21. The standard InChI is InChI=1S/C30H39ClF2N8O2/c1-17-13-40(14-18(2)39(17)5)27-11-23(32)26(41-16-20(36-37-41)15-38(4)21-6-8-43-9-7-21)12-25(27)35-30(42)22-10-24(34)29(33)19(3)28(22)31/h10-12,16-18,21H,6-9,13-15,34H2,1-5H3,(H,35,42)/t17-,18+. The van der Waals surface area contributed by atoms with Crippen LogP contribution in [-0.4, -0.2) is 89.2 Å². The number of hydrogen-bond acceptors (Lipinski definition) is 8. The van der Waals surface area contributed by atoms with Crippen molar-refractivity contribution in [1.29, 1.82) is 0 Å². The Labute approximate surface area is 255 Å². The van der Waals surface area contributed by atoms with E-state index < -0.39 is 17.5 Å². The summed E-state index contributed by atoms with van der Waals surface area (Å²) in [5.41, 5.74) is 7.42. The molecule has 1 aromatic heterocycles. The zero-order chi connectivity index (χ0) is 31.0. The topological polar surface area (TPSA) is 105 Å². The normalized spacial score (nSPS) is 20.2. The van der Waals surface area contributed by atoms with Gasteiger partial charge in [-0.1, -0.05) is 16.8 Å². The molecule has 5 rings (SSSR count). The number of halogens is 3. The van der Waals surface area contributed by atoms with E-state index in [-0.39, 0.29) is 39.6 Å². The van der Waals surface area contributed by atoms with Gasteiger partial charge in [0.25, 0.3) is 5.91 Å². The Hall–Kier alpha value is -3.32. The summed E-state index contributed by atoms with van der Waals surface area (Å²) in [7, 11) is 4.09. The second kappa shape index (κ2) is 12.7. The summed E-state index contributed by atoms with van der Waals surface area (Å²) in [6.07, 6.45) is 3.58. The van der Waals surface area contributed by atoms with Crippen LogP contribution in [0.2, 0.25) is 5.02 Å². The van der Waals surface area contributed by atoms with E-state index in [0.29, 0.717) is 42.7 Å². The average molecular weight is 617 g/mol. The maximum absolute atomic E-state index is 15.8. The molecule has 232 valence electrons. The van der Waals surface area contributed by atoms with Gasteiger partial charge in [0, 0.05) is 62.6 Å². The Kier molecular flexibility index (Phi) is 9.21. The first-order valence-electron chi connectivity index (χ1n) is 14.5. The average Bonchev–Trinajstić information content (AvgIpc) is 3.45. The van der Waals surface area contributed by atoms with Gasteiger partial charge in [-0.05, 0) is 59.8 Å². The molecule has 2 aromatic carbocycles. The van der Waals surface area contributed by atoms with Gasteiger partial charge in [-0.25, -0.2) is 13.5 Å². The zero-order valence-corrected chi connectivity index (χ0v) is 26.0. The Morgan fingerprint density at radius 2 is 1.84 bits per heavy atom. The predicted molar refractivity (Wildman–Crippen MR) is 164 cm³/mol. The van der Waals surface area contributed by atoms with Crippen molar-refractivity contribution in [2.24, 2.45) is 0 Å². The summed E-state index contributed by atoms with van der Waals surface area (Å²) in [5.74, 6) is -1.77. The van der Waals surface area contributed by atoms with E-state index >= 15 is 4.39 Å². The second-order valence-corrected chi connectivity index (χ2v) is 12.1. The lowest BCUT2D eigenvalue weighted by Gasteiger charge is -2.44. The lowest BCUT2D eigenvalue weighted by molar-refractivity contribution is 0.0403. The molecule has 3 N–H and O–H groups in total. The van der Waals surface area contributed by atoms with Crippen LogP contribution in [0.5, 0.6) is 0 Å². The van der Waals surface area contributed by atoms with E-state index in [4.69, 9.17) is 22.1 Å². The van der Waals surface area contributed by atoms with Gasteiger partial charge >= 0.3 is 0 Å². The van der Waals surface area contributed by atoms with Gasteiger partial charge in [0.2, 0.25) is 0 Å². The van der Waals surface area contributed by atoms with Crippen molar-refractivity contribution in [2.75, 3.05) is 56.3 Å². The summed E-state index contributed by atoms with van der Waals surface area (Å²) < 4.78 is 37.0. The molecule has 0 radical (unpaired) electrons. The maximum atomic E-state index is 15.8. The fourth-order valence-corrected chi connectivity index (χ4v) is 6.06. The lowest BCUT2D eigenvalue weighted by Crippen LogP contribution is -2.55. The fourth-order valence-electron chi connectivity index (χ4n) is 5.84. The lowest BCUT2D eigenvalue weighted by atomic mass is 10.1. The summed E-state index contributed by atoms with van der Waals surface area (Å²) in [6.45, 7) is 8.92. The van der Waals surface area contributed by atoms with Crippen LogP contribution in [0.4, 0.5) is 25.8 Å². The number of ether oxygens (including phenoxy) is 1. The SMILES string of the molecule is Cc1c(F)c(N)cc(C(=O)Nc2cc(-n3cc(CN(C)C4CCOCC4)nn3)c(F)cc2N2C[C@@H](C)N(C)[C@@H](C)C2)c1Cl. The van der Waals surface area contributed by atoms with Crippen LogP contribution in [0, 0.1) is 18.6 Å². The molecule has 0 spiro atoms. The molecule has 10 nitrogen and oxygen atoms in total. The number of carbonyl (C=O) groups is 1. The third kappa shape index (κ3) is 6.47. The van der Waals surface area contributed by atoms with Crippen molar-refractivity contribution in [3.05, 3.63) is 57.9 Å². The summed E-state index contributed by atoms with van der Waals surface area (Å²) in [5, 5.41) is 11.4. The van der Waals surface area contributed by atoms with Crippen LogP contribution < -0.4 is 16.0 Å². The molecule has 0 bridgehead atoms. The number of nitrogens with two attached hydrogens (primary N) is 1. The number of nitrogens with one attached hydrogen (secondary N) is 1. The number of hydrogen-bond donors (Lipinski definition) is 2. The third-order valence-electron chi connectivity index (χ3n) is 8.72. The Bertz CT molecular complexity index is 1480. The summed E-state index contributed by atoms with van der Waals surface area (Å²) >= 11 is 6.36. The molecule has 0 unspecified atom stereocenters. The Balaban J connectivity index is 1.49. The molecule has 3 aromatic rings. The van der Waals surface area contributed by atoms with Gasteiger partial charge in [-0.15, -0.1) is 5.10 Å². The molecule has 13 heteroatoms. The van der Waals surface area contributed by atoms with Gasteiger partial charge in [0.15, 0.2) is 11.6 Å². The van der Waals surface area contributed by atoms with Crippen LogP contribution in [-0.2, 0) is 11.3 Å². The van der Waals surface area contributed by atoms with E-state index in [1.165, 1.54) is 23.7 Å². The number of nitrogen functional groups attached to an aromatic ring is 1. The molecule has 43 heavy (non-hydrogen) atoms. The van der Waals surface area contributed by atoms with Gasteiger partial charge in [-0.2, -0.15) is 0 Å². The molecular weight excluding hydrogens is 578 g/mol. The van der Waals surface area contributed by atoms with Gasteiger partial charge < -0.3 is 20.7 Å². The molecule has 2 aliphatic rings. The van der Waals surface area contributed by atoms with Crippen molar-refractivity contribution >= 4 is 34.6 Å². The monoisotopic (exact) mass is 616 g/mol. The van der Waals surface area contributed by atoms with E-state index in [1.807, 2.05) is 7.05 Å². The van der Waals surface area contributed by atoms with E-state index in [0.717, 1.165) is 26.1 Å². The first kappa shape index (κ1) is 31.1. The molecular formula is C30H39ClF2N8O2. The first-order valence-corrected chi connectivity index (χ1v) is 14.9. The molecule has 0 aliphatic carbocycles. The minimum absolute atomic E-state index is 0.0224. The van der Waals surface area contributed by atoms with Crippen molar-refractivity contribution in [3.8, 4) is 5.69 Å². The highest BCUT2D eigenvalue weighted by Crippen LogP contribution is 2.35.